The third-order valence-corrected chi connectivity index (χ3v) is 5.87. The van der Waals surface area contributed by atoms with Crippen molar-refractivity contribution in [2.45, 2.75) is 18.3 Å². The van der Waals surface area contributed by atoms with Crippen LogP contribution in [0.4, 0.5) is 15.8 Å². The first-order valence-electron chi connectivity index (χ1n) is 7.77. The number of nitrogens with one attached hydrogen (secondary N) is 1. The summed E-state index contributed by atoms with van der Waals surface area (Å²) in [5.41, 5.74) is 0.338. The number of anilines is 2. The number of nitrogens with zero attached hydrogens (tertiary/aromatic N) is 1. The Morgan fingerprint density at radius 2 is 1.88 bits per heavy atom. The minimum atomic E-state index is -3.26. The van der Waals surface area contributed by atoms with Crippen LogP contribution in [0, 0.1) is 5.82 Å². The maximum absolute atomic E-state index is 13.3. The average Bonchev–Trinajstić information content (AvgIpc) is 2.56. The molecule has 7 heteroatoms. The van der Waals surface area contributed by atoms with E-state index in [0.717, 1.165) is 13.0 Å². The van der Waals surface area contributed by atoms with E-state index in [4.69, 9.17) is 4.74 Å². The number of para-hydroxylation sites is 2. The Kier molecular flexibility index (Phi) is 4.96. The number of hydrogen-bond donors (Lipinski definition) is 3. The lowest BCUT2D eigenvalue weighted by molar-refractivity contribution is 0.235. The molecule has 0 radical (unpaired) electrons. The molecule has 0 fully saturated rings. The summed E-state index contributed by atoms with van der Waals surface area (Å²) < 4.78 is 42.4. The highest BCUT2D eigenvalue weighted by atomic mass is 32.3. The Morgan fingerprint density at radius 1 is 1.17 bits per heavy atom. The van der Waals surface area contributed by atoms with Crippen LogP contribution in [-0.2, 0) is 0 Å². The summed E-state index contributed by atoms with van der Waals surface area (Å²) in [6, 6.07) is 12.9. The molecule has 0 bridgehead atoms. The molecule has 1 heterocycles. The van der Waals surface area contributed by atoms with Crippen molar-refractivity contribution in [2.24, 2.45) is 0 Å². The first-order chi connectivity index (χ1) is 11.5. The summed E-state index contributed by atoms with van der Waals surface area (Å²) in [6.07, 6.45) is 1.24. The number of benzene rings is 2. The molecule has 2 aromatic carbocycles. The van der Waals surface area contributed by atoms with Crippen molar-refractivity contribution in [1.29, 1.82) is 0 Å². The molecule has 1 atom stereocenters. The summed E-state index contributed by atoms with van der Waals surface area (Å²) >= 11 is 0. The Bertz CT molecular complexity index is 696. The van der Waals surface area contributed by atoms with Gasteiger partial charge in [0.25, 0.3) is 0 Å². The van der Waals surface area contributed by atoms with Gasteiger partial charge in [-0.3, -0.25) is 9.11 Å². The second-order valence-electron chi connectivity index (χ2n) is 5.59. The SMILES string of the molecule is CNCCCC1Oc2ccccc2N(c2ccc(F)cc2)S1(O)O. The van der Waals surface area contributed by atoms with E-state index >= 15 is 0 Å². The van der Waals surface area contributed by atoms with Crippen LogP contribution >= 0.6 is 10.8 Å². The maximum atomic E-state index is 13.3. The van der Waals surface area contributed by atoms with Gasteiger partial charge in [-0.05, 0) is 56.4 Å². The summed E-state index contributed by atoms with van der Waals surface area (Å²) in [5.74, 6) is 0.213. The van der Waals surface area contributed by atoms with Crippen LogP contribution < -0.4 is 14.4 Å². The zero-order valence-electron chi connectivity index (χ0n) is 13.4. The van der Waals surface area contributed by atoms with E-state index in [-0.39, 0.29) is 5.82 Å². The van der Waals surface area contributed by atoms with Gasteiger partial charge in [-0.15, -0.1) is 0 Å². The second kappa shape index (κ2) is 6.98. The lowest BCUT2D eigenvalue weighted by Crippen LogP contribution is -2.39. The number of ether oxygens (including phenoxy) is 1. The summed E-state index contributed by atoms with van der Waals surface area (Å²) in [7, 11) is -1.42. The van der Waals surface area contributed by atoms with E-state index in [2.05, 4.69) is 5.32 Å². The van der Waals surface area contributed by atoms with Crippen molar-refractivity contribution in [3.63, 3.8) is 0 Å². The molecule has 5 nitrogen and oxygen atoms in total. The summed E-state index contributed by atoms with van der Waals surface area (Å²) in [4.78, 5) is 0. The van der Waals surface area contributed by atoms with E-state index in [9.17, 15) is 13.5 Å². The van der Waals surface area contributed by atoms with Crippen LogP contribution in [0.2, 0.25) is 0 Å². The fourth-order valence-corrected chi connectivity index (χ4v) is 4.55. The minimum absolute atomic E-state index is 0.373. The monoisotopic (exact) mass is 352 g/mol. The number of halogens is 1. The largest absolute Gasteiger partial charge is 0.467 e. The van der Waals surface area contributed by atoms with Gasteiger partial charge in [-0.1, -0.05) is 22.9 Å². The third-order valence-electron chi connectivity index (χ3n) is 3.89. The van der Waals surface area contributed by atoms with Gasteiger partial charge in [0.2, 0.25) is 5.44 Å². The molecular formula is C17H21FN2O3S. The average molecular weight is 352 g/mol. The number of hydrogen-bond acceptors (Lipinski definition) is 5. The highest BCUT2D eigenvalue weighted by molar-refractivity contribution is 8.26. The quantitative estimate of drug-likeness (QED) is 0.698. The smallest absolute Gasteiger partial charge is 0.206 e. The molecule has 0 spiro atoms. The standard InChI is InChI=1S/C17H21FN2O3S/c1-19-12-4-7-17-23-16-6-3-2-5-15(16)20(24(17,21)22)14-10-8-13(18)9-11-14/h2-3,5-6,8-11,17,19,21-22H,4,7,12H2,1H3. The molecule has 3 rings (SSSR count). The van der Waals surface area contributed by atoms with Gasteiger partial charge in [0, 0.05) is 6.42 Å². The van der Waals surface area contributed by atoms with Gasteiger partial charge in [0.15, 0.2) is 0 Å². The molecule has 1 aliphatic heterocycles. The normalized spacial score (nSPS) is 20.2. The highest BCUT2D eigenvalue weighted by Gasteiger charge is 2.40. The molecule has 130 valence electrons. The van der Waals surface area contributed by atoms with Gasteiger partial charge in [-0.2, -0.15) is 0 Å². The lowest BCUT2D eigenvalue weighted by atomic mass is 10.2. The molecule has 0 amide bonds. The molecule has 1 aliphatic rings. The Hall–Kier alpha value is -1.80. The molecular weight excluding hydrogens is 331 g/mol. The van der Waals surface area contributed by atoms with Crippen molar-refractivity contribution in [3.05, 3.63) is 54.3 Å². The van der Waals surface area contributed by atoms with E-state index in [0.29, 0.717) is 23.5 Å². The third kappa shape index (κ3) is 3.21. The molecule has 2 aromatic rings. The van der Waals surface area contributed by atoms with Crippen molar-refractivity contribution >= 4 is 22.2 Å². The van der Waals surface area contributed by atoms with Crippen molar-refractivity contribution < 1.29 is 18.2 Å². The van der Waals surface area contributed by atoms with Gasteiger partial charge in [-0.25, -0.2) is 8.70 Å². The van der Waals surface area contributed by atoms with Gasteiger partial charge in [0.1, 0.15) is 17.3 Å². The zero-order chi connectivity index (χ0) is 17.2. The van der Waals surface area contributed by atoms with Gasteiger partial charge in [0.05, 0.1) is 5.69 Å². The van der Waals surface area contributed by atoms with Crippen LogP contribution in [-0.4, -0.2) is 28.1 Å². The van der Waals surface area contributed by atoms with Crippen LogP contribution in [0.25, 0.3) is 0 Å². The predicted molar refractivity (Wildman–Crippen MR) is 95.4 cm³/mol. The number of rotatable bonds is 5. The Morgan fingerprint density at radius 3 is 2.58 bits per heavy atom. The van der Waals surface area contributed by atoms with Crippen molar-refractivity contribution in [2.75, 3.05) is 17.9 Å². The van der Waals surface area contributed by atoms with Crippen LogP contribution in [0.1, 0.15) is 12.8 Å². The summed E-state index contributed by atoms with van der Waals surface area (Å²) in [5, 5.41) is 3.04. The topological polar surface area (TPSA) is 65.0 Å². The molecule has 0 saturated carbocycles. The zero-order valence-corrected chi connectivity index (χ0v) is 14.2. The molecule has 0 aromatic heterocycles. The summed E-state index contributed by atoms with van der Waals surface area (Å²) in [6.45, 7) is 0.758. The fourth-order valence-electron chi connectivity index (χ4n) is 2.73. The van der Waals surface area contributed by atoms with E-state index in [1.807, 2.05) is 13.1 Å². The van der Waals surface area contributed by atoms with Crippen molar-refractivity contribution in [1.82, 2.24) is 5.32 Å². The molecule has 3 N–H and O–H groups in total. The Labute approximate surface area is 142 Å². The Balaban J connectivity index is 2.01. The van der Waals surface area contributed by atoms with Crippen molar-refractivity contribution in [3.8, 4) is 5.75 Å². The lowest BCUT2D eigenvalue weighted by Gasteiger charge is -2.51. The second-order valence-corrected chi connectivity index (χ2v) is 7.61. The van der Waals surface area contributed by atoms with E-state index in [1.165, 1.54) is 28.6 Å². The first-order valence-corrected chi connectivity index (χ1v) is 9.34. The fraction of sp³-hybridized carbons (Fsp3) is 0.294. The van der Waals surface area contributed by atoms with E-state index in [1.54, 1.807) is 18.2 Å². The predicted octanol–water partition coefficient (Wildman–Crippen LogP) is 4.35. The maximum Gasteiger partial charge on any atom is 0.206 e. The first kappa shape index (κ1) is 17.0. The van der Waals surface area contributed by atoms with Gasteiger partial charge >= 0.3 is 0 Å². The molecule has 24 heavy (non-hydrogen) atoms. The van der Waals surface area contributed by atoms with Crippen LogP contribution in [0.15, 0.2) is 48.5 Å². The molecule has 1 unspecified atom stereocenters. The number of fused-ring (bicyclic) bond motifs is 1. The van der Waals surface area contributed by atoms with Gasteiger partial charge < -0.3 is 10.1 Å². The van der Waals surface area contributed by atoms with E-state index < -0.39 is 16.2 Å². The van der Waals surface area contributed by atoms with Crippen LogP contribution in [0.3, 0.4) is 0 Å². The molecule has 0 saturated heterocycles. The minimum Gasteiger partial charge on any atom is -0.467 e. The highest BCUT2D eigenvalue weighted by Crippen LogP contribution is 2.61. The van der Waals surface area contributed by atoms with Crippen LogP contribution in [0.5, 0.6) is 5.75 Å². The molecule has 0 aliphatic carbocycles.